The molecule has 7 nitrogen and oxygen atoms in total. The van der Waals surface area contributed by atoms with E-state index < -0.39 is 0 Å². The van der Waals surface area contributed by atoms with E-state index in [0.717, 1.165) is 5.56 Å². The van der Waals surface area contributed by atoms with Gasteiger partial charge in [-0.25, -0.2) is 5.43 Å². The molecule has 0 saturated carbocycles. The highest BCUT2D eigenvalue weighted by Crippen LogP contribution is 2.31. The maximum atomic E-state index is 11.9. The van der Waals surface area contributed by atoms with Crippen LogP contribution in [0.2, 0.25) is 0 Å². The van der Waals surface area contributed by atoms with E-state index in [0.29, 0.717) is 20.6 Å². The Morgan fingerprint density at radius 2 is 1.85 bits per heavy atom. The summed E-state index contributed by atoms with van der Waals surface area (Å²) >= 11 is 1.97. The quantitative estimate of drug-likeness (QED) is 0.321. The van der Waals surface area contributed by atoms with Crippen molar-refractivity contribution in [1.82, 2.24) is 5.43 Å². The number of nitrogens with one attached hydrogen (secondary N) is 2. The van der Waals surface area contributed by atoms with Gasteiger partial charge in [0.05, 0.1) is 16.9 Å². The van der Waals surface area contributed by atoms with Crippen molar-refractivity contribution in [2.45, 2.75) is 19.8 Å². The number of rotatable bonds is 7. The molecule has 0 unspecified atom stereocenters. The molecule has 8 heteroatoms. The van der Waals surface area contributed by atoms with E-state index in [4.69, 9.17) is 4.74 Å². The normalized spacial score (nSPS) is 10.6. The zero-order valence-corrected chi connectivity index (χ0v) is 17.1. The highest BCUT2D eigenvalue weighted by Gasteiger charge is 2.08. The van der Waals surface area contributed by atoms with Crippen molar-refractivity contribution < 1.29 is 19.4 Å². The van der Waals surface area contributed by atoms with E-state index in [-0.39, 0.29) is 30.4 Å². The fourth-order valence-corrected chi connectivity index (χ4v) is 2.77. The summed E-state index contributed by atoms with van der Waals surface area (Å²) in [6, 6.07) is 10.7. The maximum absolute atomic E-state index is 11.9. The number of amides is 2. The molecule has 2 amide bonds. The molecule has 0 radical (unpaired) electrons. The van der Waals surface area contributed by atoms with E-state index in [9.17, 15) is 14.7 Å². The van der Waals surface area contributed by atoms with Gasteiger partial charge < -0.3 is 15.2 Å². The van der Waals surface area contributed by atoms with Gasteiger partial charge in [-0.05, 0) is 59.3 Å². The minimum Gasteiger partial charge on any atom is -0.504 e. The van der Waals surface area contributed by atoms with Crippen LogP contribution in [-0.4, -0.2) is 30.2 Å². The number of hydrogen-bond acceptors (Lipinski definition) is 5. The highest BCUT2D eigenvalue weighted by molar-refractivity contribution is 14.1. The number of phenols is 1. The highest BCUT2D eigenvalue weighted by atomic mass is 127. The van der Waals surface area contributed by atoms with Crippen LogP contribution in [0, 0.1) is 10.5 Å². The number of nitrogens with zero attached hydrogens (tertiary/aromatic N) is 1. The lowest BCUT2D eigenvalue weighted by molar-refractivity contribution is -0.124. The second kappa shape index (κ2) is 9.91. The third-order valence-corrected chi connectivity index (χ3v) is 4.41. The minimum absolute atomic E-state index is 0.0193. The summed E-state index contributed by atoms with van der Waals surface area (Å²) in [5, 5.41) is 16.4. The Morgan fingerprint density at radius 3 is 2.52 bits per heavy atom. The standard InChI is InChI=1S/C19H20IN3O4/c1-12-3-5-14(6-4-12)22-17(24)7-8-18(25)23-21-11-13-9-15(20)19(26)16(10-13)27-2/h3-6,9-11,26H,7-8H2,1-2H3,(H,22,24)(H,23,25). The molecule has 0 saturated heterocycles. The first-order chi connectivity index (χ1) is 12.9. The Bertz CT molecular complexity index is 851. The molecule has 142 valence electrons. The Balaban J connectivity index is 1.80. The first-order valence-electron chi connectivity index (χ1n) is 8.14. The molecule has 0 aliphatic heterocycles. The number of hydrazone groups is 1. The van der Waals surface area contributed by atoms with Crippen LogP contribution in [0.25, 0.3) is 0 Å². The molecule has 3 N–H and O–H groups in total. The molecule has 0 atom stereocenters. The van der Waals surface area contributed by atoms with Crippen LogP contribution >= 0.6 is 22.6 Å². The number of benzene rings is 2. The summed E-state index contributed by atoms with van der Waals surface area (Å²) in [5.74, 6) is -0.233. The van der Waals surface area contributed by atoms with Crippen molar-refractivity contribution in [3.63, 3.8) is 0 Å². The van der Waals surface area contributed by atoms with Gasteiger partial charge in [-0.3, -0.25) is 9.59 Å². The van der Waals surface area contributed by atoms with Crippen LogP contribution in [0.1, 0.15) is 24.0 Å². The Labute approximate surface area is 171 Å². The fraction of sp³-hybridized carbons (Fsp3) is 0.211. The Morgan fingerprint density at radius 1 is 1.19 bits per heavy atom. The molecular weight excluding hydrogens is 461 g/mol. The van der Waals surface area contributed by atoms with Gasteiger partial charge in [0.15, 0.2) is 11.5 Å². The monoisotopic (exact) mass is 481 g/mol. The molecule has 0 heterocycles. The van der Waals surface area contributed by atoms with Gasteiger partial charge in [-0.15, -0.1) is 0 Å². The van der Waals surface area contributed by atoms with Gasteiger partial charge in [0, 0.05) is 18.5 Å². The van der Waals surface area contributed by atoms with Crippen molar-refractivity contribution in [1.29, 1.82) is 0 Å². The predicted molar refractivity (Wildman–Crippen MR) is 112 cm³/mol. The smallest absolute Gasteiger partial charge is 0.240 e. The van der Waals surface area contributed by atoms with E-state index in [1.165, 1.54) is 13.3 Å². The molecule has 0 spiro atoms. The zero-order valence-electron chi connectivity index (χ0n) is 15.0. The number of halogens is 1. The van der Waals surface area contributed by atoms with Crippen molar-refractivity contribution in [2.24, 2.45) is 5.10 Å². The number of phenolic OH excluding ortho intramolecular Hbond substituents is 1. The number of hydrogen-bond donors (Lipinski definition) is 3. The molecular formula is C19H20IN3O4. The summed E-state index contributed by atoms with van der Waals surface area (Å²) in [4.78, 5) is 23.7. The SMILES string of the molecule is COc1cc(C=NNC(=O)CCC(=O)Nc2ccc(C)cc2)cc(I)c1O. The first-order valence-corrected chi connectivity index (χ1v) is 9.22. The number of aryl methyl sites for hydroxylation is 1. The summed E-state index contributed by atoms with van der Waals surface area (Å²) in [7, 11) is 1.45. The van der Waals surface area contributed by atoms with E-state index in [2.05, 4.69) is 15.8 Å². The van der Waals surface area contributed by atoms with Gasteiger partial charge in [0.1, 0.15) is 0 Å². The maximum Gasteiger partial charge on any atom is 0.240 e. The molecule has 0 aliphatic carbocycles. The lowest BCUT2D eigenvalue weighted by Crippen LogP contribution is -2.20. The molecule has 27 heavy (non-hydrogen) atoms. The van der Waals surface area contributed by atoms with Gasteiger partial charge in [0.2, 0.25) is 11.8 Å². The number of carbonyl (C=O) groups excluding carboxylic acids is 2. The predicted octanol–water partition coefficient (Wildman–Crippen LogP) is 3.18. The average molecular weight is 481 g/mol. The van der Waals surface area contributed by atoms with Crippen LogP contribution in [0.15, 0.2) is 41.5 Å². The zero-order chi connectivity index (χ0) is 19.8. The molecule has 0 aromatic heterocycles. The second-order valence-electron chi connectivity index (χ2n) is 5.76. The summed E-state index contributed by atoms with van der Waals surface area (Å²) < 4.78 is 5.67. The van der Waals surface area contributed by atoms with Gasteiger partial charge in [-0.2, -0.15) is 5.10 Å². The number of methoxy groups -OCH3 is 1. The van der Waals surface area contributed by atoms with Crippen LogP contribution in [0.5, 0.6) is 11.5 Å². The van der Waals surface area contributed by atoms with Crippen LogP contribution in [-0.2, 0) is 9.59 Å². The molecule has 0 bridgehead atoms. The molecule has 2 aromatic rings. The van der Waals surface area contributed by atoms with E-state index >= 15 is 0 Å². The molecule has 2 rings (SSSR count). The Hall–Kier alpha value is -2.62. The molecule has 0 aliphatic rings. The summed E-state index contributed by atoms with van der Waals surface area (Å²) in [5.41, 5.74) is 4.83. The van der Waals surface area contributed by atoms with Crippen molar-refractivity contribution in [3.8, 4) is 11.5 Å². The second-order valence-corrected chi connectivity index (χ2v) is 6.92. The van der Waals surface area contributed by atoms with Crippen molar-refractivity contribution >= 4 is 46.3 Å². The van der Waals surface area contributed by atoms with Crippen LogP contribution < -0.4 is 15.5 Å². The van der Waals surface area contributed by atoms with E-state index in [1.54, 1.807) is 12.1 Å². The van der Waals surface area contributed by atoms with Crippen molar-refractivity contribution in [2.75, 3.05) is 12.4 Å². The third kappa shape index (κ3) is 6.55. The minimum atomic E-state index is -0.370. The molecule has 2 aromatic carbocycles. The number of carbonyl (C=O) groups is 2. The number of aromatic hydroxyl groups is 1. The topological polar surface area (TPSA) is 100 Å². The van der Waals surface area contributed by atoms with Gasteiger partial charge in [0.25, 0.3) is 0 Å². The van der Waals surface area contributed by atoms with Crippen molar-refractivity contribution in [3.05, 3.63) is 51.1 Å². The third-order valence-electron chi connectivity index (χ3n) is 3.59. The molecule has 0 fully saturated rings. The first kappa shape index (κ1) is 20.7. The Kier molecular flexibility index (Phi) is 7.59. The lowest BCUT2D eigenvalue weighted by atomic mass is 10.2. The van der Waals surface area contributed by atoms with Gasteiger partial charge >= 0.3 is 0 Å². The average Bonchev–Trinajstić information content (AvgIpc) is 2.64. The lowest BCUT2D eigenvalue weighted by Gasteiger charge is -2.06. The fourth-order valence-electron chi connectivity index (χ4n) is 2.15. The van der Waals surface area contributed by atoms with E-state index in [1.807, 2.05) is 53.8 Å². The largest absolute Gasteiger partial charge is 0.504 e. The number of anilines is 1. The summed E-state index contributed by atoms with van der Waals surface area (Å²) in [6.45, 7) is 1.96. The summed E-state index contributed by atoms with van der Waals surface area (Å²) in [6.07, 6.45) is 1.51. The van der Waals surface area contributed by atoms with Crippen LogP contribution in [0.3, 0.4) is 0 Å². The van der Waals surface area contributed by atoms with Crippen LogP contribution in [0.4, 0.5) is 5.69 Å². The number of ether oxygens (including phenoxy) is 1. The van der Waals surface area contributed by atoms with Gasteiger partial charge in [-0.1, -0.05) is 17.7 Å².